The zero-order valence-electron chi connectivity index (χ0n) is 2.74. The molecule has 0 aliphatic carbocycles. The summed E-state index contributed by atoms with van der Waals surface area (Å²) >= 11 is 0. The van der Waals surface area contributed by atoms with Crippen LogP contribution in [-0.2, 0) is 0 Å². The standard InChI is InChI=1S/C4H4F/c1-3-4(2)5/h1,3H,2H2. The van der Waals surface area contributed by atoms with Gasteiger partial charge >= 0.3 is 0 Å². The molecule has 27 valence electrons. The van der Waals surface area contributed by atoms with Crippen molar-refractivity contribution < 1.29 is 4.39 Å². The molecule has 0 aromatic rings. The maximum Gasteiger partial charge on any atom is 0.116 e. The molecule has 0 saturated carbocycles. The molecule has 5 heavy (non-hydrogen) atoms. The summed E-state index contributed by atoms with van der Waals surface area (Å²) in [4.78, 5) is 0. The van der Waals surface area contributed by atoms with E-state index in [0.717, 1.165) is 6.08 Å². The van der Waals surface area contributed by atoms with Gasteiger partial charge in [-0.05, 0) is 6.08 Å². The number of halogens is 1. The van der Waals surface area contributed by atoms with Gasteiger partial charge in [-0.15, -0.1) is 0 Å². The summed E-state index contributed by atoms with van der Waals surface area (Å²) in [6.07, 6.45) is 0.806. The van der Waals surface area contributed by atoms with E-state index in [1.165, 1.54) is 0 Å². The maximum absolute atomic E-state index is 11.1. The van der Waals surface area contributed by atoms with Gasteiger partial charge in [0.25, 0.3) is 0 Å². The van der Waals surface area contributed by atoms with E-state index in [1.807, 2.05) is 0 Å². The Kier molecular flexibility index (Phi) is 1.50. The van der Waals surface area contributed by atoms with Gasteiger partial charge in [0.2, 0.25) is 0 Å². The van der Waals surface area contributed by atoms with Crippen LogP contribution in [0.15, 0.2) is 18.5 Å². The quantitative estimate of drug-likeness (QED) is 0.410. The minimum absolute atomic E-state index is 0.593. The molecule has 0 spiro atoms. The van der Waals surface area contributed by atoms with Gasteiger partial charge in [-0.3, -0.25) is 0 Å². The van der Waals surface area contributed by atoms with Crippen molar-refractivity contribution >= 4 is 0 Å². The predicted octanol–water partition coefficient (Wildman–Crippen LogP) is 1.46. The van der Waals surface area contributed by atoms with Crippen LogP contribution in [-0.4, -0.2) is 0 Å². The SMILES string of the molecule is [CH]=CC(=C)F. The maximum atomic E-state index is 11.1. The number of hydrogen-bond donors (Lipinski definition) is 0. The van der Waals surface area contributed by atoms with Crippen LogP contribution < -0.4 is 0 Å². The van der Waals surface area contributed by atoms with Gasteiger partial charge in [-0.1, -0.05) is 13.2 Å². The lowest BCUT2D eigenvalue weighted by atomic mass is 10.6. The van der Waals surface area contributed by atoms with E-state index in [2.05, 4.69) is 13.2 Å². The molecule has 0 nitrogen and oxygen atoms in total. The average Bonchev–Trinajstić information content (AvgIpc) is 1.38. The lowest BCUT2D eigenvalue weighted by molar-refractivity contribution is 0.671. The lowest BCUT2D eigenvalue weighted by Crippen LogP contribution is -1.46. The van der Waals surface area contributed by atoms with Gasteiger partial charge < -0.3 is 0 Å². The van der Waals surface area contributed by atoms with Crippen LogP contribution in [0.1, 0.15) is 0 Å². The molecule has 0 bridgehead atoms. The first kappa shape index (κ1) is 4.41. The molecule has 0 saturated heterocycles. The zero-order valence-corrected chi connectivity index (χ0v) is 2.74. The van der Waals surface area contributed by atoms with Crippen LogP contribution in [0.5, 0.6) is 0 Å². The molecule has 0 atom stereocenters. The summed E-state index contributed by atoms with van der Waals surface area (Å²) < 4.78 is 11.1. The van der Waals surface area contributed by atoms with Gasteiger partial charge in [-0.25, -0.2) is 4.39 Å². The van der Waals surface area contributed by atoms with E-state index < -0.39 is 5.83 Å². The summed E-state index contributed by atoms with van der Waals surface area (Å²) in [5, 5.41) is 0. The molecule has 0 aliphatic heterocycles. The van der Waals surface area contributed by atoms with Crippen molar-refractivity contribution in [3.05, 3.63) is 25.1 Å². The number of rotatable bonds is 1. The van der Waals surface area contributed by atoms with Crippen LogP contribution >= 0.6 is 0 Å². The molecule has 0 unspecified atom stereocenters. The van der Waals surface area contributed by atoms with Crippen molar-refractivity contribution in [3.63, 3.8) is 0 Å². The number of allylic oxidation sites excluding steroid dienone is 2. The Morgan fingerprint density at radius 1 is 2.00 bits per heavy atom. The highest BCUT2D eigenvalue weighted by Gasteiger charge is 1.66. The van der Waals surface area contributed by atoms with Crippen molar-refractivity contribution in [2.24, 2.45) is 0 Å². The smallest absolute Gasteiger partial charge is 0.116 e. The molecule has 0 aromatic heterocycles. The first-order valence-corrected chi connectivity index (χ1v) is 1.16. The number of hydrogen-bond acceptors (Lipinski definition) is 0. The summed E-state index contributed by atoms with van der Waals surface area (Å²) in [7, 11) is 0. The van der Waals surface area contributed by atoms with E-state index in [9.17, 15) is 4.39 Å². The normalized spacial score (nSPS) is 6.60. The molecule has 0 heterocycles. The molecule has 0 amide bonds. The van der Waals surface area contributed by atoms with Crippen LogP contribution in [0.3, 0.4) is 0 Å². The predicted molar refractivity (Wildman–Crippen MR) is 19.1 cm³/mol. The monoisotopic (exact) mass is 71.0 g/mol. The second-order valence-corrected chi connectivity index (χ2v) is 0.614. The van der Waals surface area contributed by atoms with Crippen molar-refractivity contribution in [1.29, 1.82) is 0 Å². The Hall–Kier alpha value is -0.590. The van der Waals surface area contributed by atoms with E-state index in [1.54, 1.807) is 0 Å². The highest BCUT2D eigenvalue weighted by atomic mass is 19.1. The largest absolute Gasteiger partial charge is 0.208 e. The third-order valence-corrected chi connectivity index (χ3v) is 0.181. The average molecular weight is 71.1 g/mol. The van der Waals surface area contributed by atoms with Gasteiger partial charge in [0.15, 0.2) is 0 Å². The molecule has 1 heteroatoms. The Morgan fingerprint density at radius 2 is 2.20 bits per heavy atom. The van der Waals surface area contributed by atoms with Gasteiger partial charge in [0.1, 0.15) is 5.83 Å². The van der Waals surface area contributed by atoms with Gasteiger partial charge in [-0.2, -0.15) is 0 Å². The molecule has 0 fully saturated rings. The van der Waals surface area contributed by atoms with Crippen molar-refractivity contribution in [1.82, 2.24) is 0 Å². The molecule has 0 aliphatic rings. The molecule has 0 N–H and O–H groups in total. The second kappa shape index (κ2) is 1.70. The molecule has 0 rings (SSSR count). The zero-order chi connectivity index (χ0) is 4.28. The van der Waals surface area contributed by atoms with Gasteiger partial charge in [0, 0.05) is 0 Å². The lowest BCUT2D eigenvalue weighted by Gasteiger charge is -1.65. The van der Waals surface area contributed by atoms with Crippen LogP contribution in [0.4, 0.5) is 4.39 Å². The fraction of sp³-hybridized carbons (Fsp3) is 0. The van der Waals surface area contributed by atoms with Crippen molar-refractivity contribution in [2.75, 3.05) is 0 Å². The molecule has 0 aromatic carbocycles. The van der Waals surface area contributed by atoms with E-state index in [4.69, 9.17) is 0 Å². The minimum atomic E-state index is -0.593. The Morgan fingerprint density at radius 3 is 2.20 bits per heavy atom. The van der Waals surface area contributed by atoms with Crippen molar-refractivity contribution in [2.45, 2.75) is 0 Å². The first-order chi connectivity index (χ1) is 2.27. The third kappa shape index (κ3) is 3.41. The van der Waals surface area contributed by atoms with E-state index in [0.29, 0.717) is 0 Å². The second-order valence-electron chi connectivity index (χ2n) is 0.614. The topological polar surface area (TPSA) is 0 Å². The fourth-order valence-corrected chi connectivity index (χ4v) is 0. The third-order valence-electron chi connectivity index (χ3n) is 0.181. The summed E-state index contributed by atoms with van der Waals surface area (Å²) in [6, 6.07) is 0. The molecular formula is C4H4F. The Labute approximate surface area is 30.6 Å². The summed E-state index contributed by atoms with van der Waals surface area (Å²) in [6.45, 7) is 7.40. The van der Waals surface area contributed by atoms with Gasteiger partial charge in [0.05, 0.1) is 0 Å². The van der Waals surface area contributed by atoms with E-state index >= 15 is 0 Å². The van der Waals surface area contributed by atoms with E-state index in [-0.39, 0.29) is 0 Å². The Bertz CT molecular complexity index is 54.7. The van der Waals surface area contributed by atoms with Crippen LogP contribution in [0, 0.1) is 6.58 Å². The fourth-order valence-electron chi connectivity index (χ4n) is 0. The summed E-state index contributed by atoms with van der Waals surface area (Å²) in [5.41, 5.74) is 0. The summed E-state index contributed by atoms with van der Waals surface area (Å²) in [5.74, 6) is -0.593. The molecular weight excluding hydrogens is 67.0 g/mol. The first-order valence-electron chi connectivity index (χ1n) is 1.16. The van der Waals surface area contributed by atoms with Crippen LogP contribution in [0.25, 0.3) is 0 Å². The van der Waals surface area contributed by atoms with Crippen molar-refractivity contribution in [3.8, 4) is 0 Å². The molecule has 1 radical (unpaired) electrons. The van der Waals surface area contributed by atoms with Crippen LogP contribution in [0.2, 0.25) is 0 Å². The Balaban J connectivity index is 3.20. The minimum Gasteiger partial charge on any atom is -0.208 e. The highest BCUT2D eigenvalue weighted by Crippen LogP contribution is 1.85. The highest BCUT2D eigenvalue weighted by molar-refractivity contribution is 4.97.